The van der Waals surface area contributed by atoms with Crippen LogP contribution in [0.2, 0.25) is 18.1 Å². The van der Waals surface area contributed by atoms with Crippen molar-refractivity contribution in [2.75, 3.05) is 6.61 Å². The van der Waals surface area contributed by atoms with Crippen molar-refractivity contribution >= 4 is 8.32 Å². The lowest BCUT2D eigenvalue weighted by Crippen LogP contribution is -2.42. The largest absolute Gasteiger partial charge is 0.411 e. The Bertz CT molecular complexity index is 192. The Hall–Kier alpha value is -0.123. The minimum absolute atomic E-state index is 0.0885. The van der Waals surface area contributed by atoms with Crippen LogP contribution >= 0.6 is 0 Å². The van der Waals surface area contributed by atoms with E-state index in [1.165, 1.54) is 0 Å². The first-order chi connectivity index (χ1) is 6.20. The maximum Gasteiger partial charge on any atom is 0.192 e. The van der Waals surface area contributed by atoms with E-state index in [4.69, 9.17) is 9.53 Å². The summed E-state index contributed by atoms with van der Waals surface area (Å²) in [5.41, 5.74) is 0. The minimum atomic E-state index is -1.65. The van der Waals surface area contributed by atoms with Crippen molar-refractivity contribution in [2.24, 2.45) is 0 Å². The minimum Gasteiger partial charge on any atom is -0.411 e. The van der Waals surface area contributed by atoms with Crippen LogP contribution in [0.15, 0.2) is 12.2 Å². The van der Waals surface area contributed by atoms with Crippen molar-refractivity contribution < 1.29 is 9.53 Å². The lowest BCUT2D eigenvalue weighted by molar-refractivity contribution is 0.241. The summed E-state index contributed by atoms with van der Waals surface area (Å²) < 4.78 is 6.05. The molecule has 1 atom stereocenters. The zero-order valence-electron chi connectivity index (χ0n) is 10.3. The van der Waals surface area contributed by atoms with Crippen LogP contribution in [-0.4, -0.2) is 26.1 Å². The van der Waals surface area contributed by atoms with Crippen LogP contribution in [-0.2, 0) is 4.43 Å². The molecule has 2 nitrogen and oxygen atoms in total. The van der Waals surface area contributed by atoms with Crippen LogP contribution in [0.5, 0.6) is 0 Å². The molecule has 1 N–H and O–H groups in total. The summed E-state index contributed by atoms with van der Waals surface area (Å²) in [4.78, 5) is 0. The molecule has 0 heterocycles. The molecular formula is C11H24O2Si. The molecule has 0 saturated carbocycles. The molecule has 0 unspecified atom stereocenters. The van der Waals surface area contributed by atoms with Gasteiger partial charge in [0.2, 0.25) is 0 Å². The zero-order valence-corrected chi connectivity index (χ0v) is 11.3. The van der Waals surface area contributed by atoms with Gasteiger partial charge in [0.05, 0.1) is 12.7 Å². The Morgan fingerprint density at radius 1 is 1.36 bits per heavy atom. The molecular weight excluding hydrogens is 192 g/mol. The van der Waals surface area contributed by atoms with Gasteiger partial charge in [0.15, 0.2) is 8.32 Å². The molecule has 84 valence electrons. The molecule has 0 aromatic carbocycles. The number of hydrogen-bond acceptors (Lipinski definition) is 2. The lowest BCUT2D eigenvalue weighted by Gasteiger charge is -2.37. The van der Waals surface area contributed by atoms with Gasteiger partial charge in [0.25, 0.3) is 0 Å². The van der Waals surface area contributed by atoms with Crippen molar-refractivity contribution in [3.63, 3.8) is 0 Å². The van der Waals surface area contributed by atoms with Crippen LogP contribution in [0.4, 0.5) is 0 Å². The van der Waals surface area contributed by atoms with Gasteiger partial charge in [-0.25, -0.2) is 0 Å². The average molecular weight is 216 g/mol. The Labute approximate surface area is 89.1 Å². The molecule has 14 heavy (non-hydrogen) atoms. The third-order valence-electron chi connectivity index (χ3n) is 2.80. The average Bonchev–Trinajstić information content (AvgIpc) is 1.97. The molecule has 0 aromatic heterocycles. The van der Waals surface area contributed by atoms with Crippen molar-refractivity contribution in [1.82, 2.24) is 0 Å². The normalized spacial score (nSPS) is 16.2. The summed E-state index contributed by atoms with van der Waals surface area (Å²) in [7, 11) is -1.65. The summed E-state index contributed by atoms with van der Waals surface area (Å²) in [5.74, 6) is 0. The van der Waals surface area contributed by atoms with Crippen LogP contribution in [0.25, 0.3) is 0 Å². The molecule has 0 radical (unpaired) electrons. The molecule has 0 aliphatic heterocycles. The van der Waals surface area contributed by atoms with Crippen molar-refractivity contribution in [2.45, 2.75) is 51.9 Å². The summed E-state index contributed by atoms with van der Waals surface area (Å²) in [6.45, 7) is 13.2. The van der Waals surface area contributed by atoms with E-state index < -0.39 is 8.32 Å². The van der Waals surface area contributed by atoms with Crippen LogP contribution < -0.4 is 0 Å². The molecule has 0 amide bonds. The Balaban J connectivity index is 4.29. The van der Waals surface area contributed by atoms with E-state index in [0.717, 1.165) is 0 Å². The maximum absolute atomic E-state index is 8.64. The first kappa shape index (κ1) is 13.9. The second-order valence-electron chi connectivity index (χ2n) is 5.19. The SMILES string of the molecule is C[C@H](/C=C/CO)O[Si](C)(C)C(C)(C)C. The number of aliphatic hydroxyl groups is 1. The second kappa shape index (κ2) is 5.10. The molecule has 3 heteroatoms. The highest BCUT2D eigenvalue weighted by atomic mass is 28.4. The van der Waals surface area contributed by atoms with Crippen molar-refractivity contribution in [3.05, 3.63) is 12.2 Å². The fourth-order valence-corrected chi connectivity index (χ4v) is 2.29. The van der Waals surface area contributed by atoms with Crippen molar-refractivity contribution in [3.8, 4) is 0 Å². The summed E-state index contributed by atoms with van der Waals surface area (Å²) in [5, 5.41) is 8.89. The zero-order chi connectivity index (χ0) is 11.4. The molecule has 0 bridgehead atoms. The molecule has 0 rings (SSSR count). The predicted octanol–water partition coefficient (Wildman–Crippen LogP) is 2.95. The van der Waals surface area contributed by atoms with Gasteiger partial charge in [0, 0.05) is 0 Å². The van der Waals surface area contributed by atoms with E-state index in [9.17, 15) is 0 Å². The second-order valence-corrected chi connectivity index (χ2v) is 9.95. The highest BCUT2D eigenvalue weighted by Gasteiger charge is 2.37. The third-order valence-corrected chi connectivity index (χ3v) is 7.37. The van der Waals surface area contributed by atoms with E-state index in [2.05, 4.69) is 33.9 Å². The topological polar surface area (TPSA) is 29.5 Å². The summed E-state index contributed by atoms with van der Waals surface area (Å²) >= 11 is 0. The fraction of sp³-hybridized carbons (Fsp3) is 0.818. The van der Waals surface area contributed by atoms with Gasteiger partial charge < -0.3 is 9.53 Å². The van der Waals surface area contributed by atoms with Gasteiger partial charge in [-0.15, -0.1) is 0 Å². The van der Waals surface area contributed by atoms with E-state index >= 15 is 0 Å². The van der Waals surface area contributed by atoms with E-state index in [-0.39, 0.29) is 17.7 Å². The Morgan fingerprint density at radius 3 is 2.21 bits per heavy atom. The van der Waals surface area contributed by atoms with Gasteiger partial charge in [-0.1, -0.05) is 32.9 Å². The highest BCUT2D eigenvalue weighted by molar-refractivity contribution is 6.74. The monoisotopic (exact) mass is 216 g/mol. The molecule has 0 fully saturated rings. The third kappa shape index (κ3) is 4.40. The molecule has 0 aliphatic carbocycles. The lowest BCUT2D eigenvalue weighted by atomic mass is 10.2. The van der Waals surface area contributed by atoms with Gasteiger partial charge in [-0.05, 0) is 25.1 Å². The molecule has 0 spiro atoms. The molecule has 0 aromatic rings. The van der Waals surface area contributed by atoms with Crippen molar-refractivity contribution in [1.29, 1.82) is 0 Å². The predicted molar refractivity (Wildman–Crippen MR) is 64.0 cm³/mol. The first-order valence-electron chi connectivity index (χ1n) is 5.16. The van der Waals surface area contributed by atoms with E-state index in [1.54, 1.807) is 6.08 Å². The number of rotatable bonds is 4. The fourth-order valence-electron chi connectivity index (χ4n) is 0.933. The highest BCUT2D eigenvalue weighted by Crippen LogP contribution is 2.37. The maximum atomic E-state index is 8.64. The van der Waals surface area contributed by atoms with Crippen LogP contribution in [0, 0.1) is 0 Å². The van der Waals surface area contributed by atoms with Crippen LogP contribution in [0.1, 0.15) is 27.7 Å². The van der Waals surface area contributed by atoms with Gasteiger partial charge in [-0.3, -0.25) is 0 Å². The van der Waals surface area contributed by atoms with Gasteiger partial charge >= 0.3 is 0 Å². The number of aliphatic hydroxyl groups excluding tert-OH is 1. The standard InChI is InChI=1S/C11H24O2Si/c1-10(8-7-9-12)13-14(5,6)11(2,3)4/h7-8,10,12H,9H2,1-6H3/b8-7+/t10-/m1/s1. The Morgan fingerprint density at radius 2 is 1.86 bits per heavy atom. The molecule has 0 saturated heterocycles. The van der Waals surface area contributed by atoms with Gasteiger partial charge in [-0.2, -0.15) is 0 Å². The first-order valence-corrected chi connectivity index (χ1v) is 8.07. The van der Waals surface area contributed by atoms with Crippen LogP contribution in [0.3, 0.4) is 0 Å². The summed E-state index contributed by atoms with van der Waals surface area (Å²) in [6, 6.07) is 0. The Kier molecular flexibility index (Phi) is 5.05. The smallest absolute Gasteiger partial charge is 0.192 e. The quantitative estimate of drug-likeness (QED) is 0.578. The van der Waals surface area contributed by atoms with E-state index in [0.29, 0.717) is 0 Å². The molecule has 0 aliphatic rings. The number of hydrogen-bond donors (Lipinski definition) is 1. The summed E-state index contributed by atoms with van der Waals surface area (Å²) in [6.07, 6.45) is 3.75. The van der Waals surface area contributed by atoms with E-state index in [1.807, 2.05) is 13.0 Å². The van der Waals surface area contributed by atoms with Gasteiger partial charge in [0.1, 0.15) is 0 Å².